The quantitative estimate of drug-likeness (QED) is 0.896. The number of hydrogen-bond donors (Lipinski definition) is 2. The van der Waals surface area contributed by atoms with Crippen LogP contribution in [-0.4, -0.2) is 29.7 Å². The van der Waals surface area contributed by atoms with Crippen LogP contribution in [0.4, 0.5) is 0 Å². The lowest BCUT2D eigenvalue weighted by molar-refractivity contribution is 0.0745. The van der Waals surface area contributed by atoms with Crippen LogP contribution in [0.3, 0.4) is 0 Å². The van der Waals surface area contributed by atoms with Crippen molar-refractivity contribution in [3.63, 3.8) is 0 Å². The molecule has 1 unspecified atom stereocenters. The van der Waals surface area contributed by atoms with Gasteiger partial charge in [-0.05, 0) is 18.2 Å². The number of halogens is 2. The maximum absolute atomic E-state index is 6.18. The topological polar surface area (TPSA) is 49.9 Å². The van der Waals surface area contributed by atoms with Gasteiger partial charge in [0.05, 0.1) is 36.2 Å². The van der Waals surface area contributed by atoms with Crippen molar-refractivity contribution in [2.45, 2.75) is 6.04 Å². The molecule has 100 valence electrons. The van der Waals surface area contributed by atoms with Crippen molar-refractivity contribution < 1.29 is 4.74 Å². The highest BCUT2D eigenvalue weighted by molar-refractivity contribution is 6.35. The number of nitrogens with zero attached hydrogens (tertiary/aromatic N) is 1. The molecule has 1 saturated heterocycles. The first kappa shape index (κ1) is 12.9. The van der Waals surface area contributed by atoms with Crippen molar-refractivity contribution >= 4 is 23.2 Å². The van der Waals surface area contributed by atoms with Crippen molar-refractivity contribution in [2.24, 2.45) is 0 Å². The summed E-state index contributed by atoms with van der Waals surface area (Å²) in [4.78, 5) is 7.66. The zero-order valence-electron chi connectivity index (χ0n) is 10.1. The van der Waals surface area contributed by atoms with Gasteiger partial charge < -0.3 is 15.0 Å². The molecule has 6 heteroatoms. The van der Waals surface area contributed by atoms with Gasteiger partial charge >= 0.3 is 0 Å². The number of benzene rings is 1. The van der Waals surface area contributed by atoms with Crippen LogP contribution in [0.1, 0.15) is 11.9 Å². The van der Waals surface area contributed by atoms with Gasteiger partial charge in [0, 0.05) is 17.1 Å². The number of aromatic nitrogens is 2. The van der Waals surface area contributed by atoms with E-state index in [0.717, 1.165) is 30.2 Å². The van der Waals surface area contributed by atoms with Crippen LogP contribution >= 0.6 is 23.2 Å². The first-order chi connectivity index (χ1) is 9.24. The highest BCUT2D eigenvalue weighted by Gasteiger charge is 2.19. The number of nitrogens with one attached hydrogen (secondary N) is 2. The second-order valence-corrected chi connectivity index (χ2v) is 5.23. The summed E-state index contributed by atoms with van der Waals surface area (Å²) in [5, 5.41) is 4.64. The Morgan fingerprint density at radius 2 is 2.21 bits per heavy atom. The van der Waals surface area contributed by atoms with Gasteiger partial charge in [0.25, 0.3) is 0 Å². The monoisotopic (exact) mass is 297 g/mol. The Morgan fingerprint density at radius 1 is 1.32 bits per heavy atom. The molecule has 1 aromatic carbocycles. The van der Waals surface area contributed by atoms with Gasteiger partial charge in [-0.25, -0.2) is 4.98 Å². The van der Waals surface area contributed by atoms with E-state index in [-0.39, 0.29) is 6.04 Å². The molecule has 0 aliphatic carbocycles. The van der Waals surface area contributed by atoms with Gasteiger partial charge in [-0.1, -0.05) is 23.2 Å². The van der Waals surface area contributed by atoms with Gasteiger partial charge in [-0.3, -0.25) is 0 Å². The molecule has 2 heterocycles. The number of aromatic amines is 1. The summed E-state index contributed by atoms with van der Waals surface area (Å²) >= 11 is 12.2. The van der Waals surface area contributed by atoms with Gasteiger partial charge in [-0.15, -0.1) is 0 Å². The zero-order chi connectivity index (χ0) is 13.2. The molecule has 1 aromatic heterocycles. The fourth-order valence-corrected chi connectivity index (χ4v) is 2.49. The Bertz CT molecular complexity index is 579. The molecular formula is C13H13Cl2N3O. The maximum Gasteiger partial charge on any atom is 0.126 e. The molecule has 0 amide bonds. The van der Waals surface area contributed by atoms with Gasteiger partial charge in [0.1, 0.15) is 5.82 Å². The van der Waals surface area contributed by atoms with Crippen LogP contribution in [0, 0.1) is 0 Å². The molecule has 0 radical (unpaired) electrons. The molecule has 19 heavy (non-hydrogen) atoms. The van der Waals surface area contributed by atoms with Gasteiger partial charge in [0.15, 0.2) is 0 Å². The second kappa shape index (κ2) is 5.51. The van der Waals surface area contributed by atoms with Crippen LogP contribution in [0.2, 0.25) is 10.0 Å². The first-order valence-corrected chi connectivity index (χ1v) is 6.81. The first-order valence-electron chi connectivity index (χ1n) is 6.05. The average molecular weight is 298 g/mol. The lowest BCUT2D eigenvalue weighted by Gasteiger charge is -2.21. The van der Waals surface area contributed by atoms with E-state index in [2.05, 4.69) is 15.3 Å². The molecule has 1 aliphatic heterocycles. The summed E-state index contributed by atoms with van der Waals surface area (Å²) in [6.45, 7) is 2.19. The number of rotatable bonds is 2. The number of morpholine rings is 1. The third-order valence-electron chi connectivity index (χ3n) is 3.07. The van der Waals surface area contributed by atoms with E-state index in [1.807, 2.05) is 6.07 Å². The Kier molecular flexibility index (Phi) is 3.75. The maximum atomic E-state index is 6.18. The molecule has 1 aliphatic rings. The summed E-state index contributed by atoms with van der Waals surface area (Å²) in [5.41, 5.74) is 1.71. The second-order valence-electron chi connectivity index (χ2n) is 4.39. The molecule has 3 rings (SSSR count). The Balaban J connectivity index is 1.89. The number of imidazole rings is 1. The highest BCUT2D eigenvalue weighted by Crippen LogP contribution is 2.30. The minimum absolute atomic E-state index is 0.0976. The molecule has 2 aromatic rings. The van der Waals surface area contributed by atoms with E-state index < -0.39 is 0 Å². The molecule has 4 nitrogen and oxygen atoms in total. The SMILES string of the molecule is Clc1ccc(Cl)c(-c2cnc(C3COCCN3)[nH]2)c1. The molecule has 2 N–H and O–H groups in total. The summed E-state index contributed by atoms with van der Waals surface area (Å²) in [6, 6.07) is 5.47. The largest absolute Gasteiger partial charge is 0.378 e. The normalized spacial score (nSPS) is 19.6. The van der Waals surface area contributed by atoms with E-state index >= 15 is 0 Å². The van der Waals surface area contributed by atoms with E-state index in [4.69, 9.17) is 27.9 Å². The third-order valence-corrected chi connectivity index (χ3v) is 3.63. The fraction of sp³-hybridized carbons (Fsp3) is 0.308. The molecule has 0 spiro atoms. The predicted molar refractivity (Wildman–Crippen MR) is 75.6 cm³/mol. The minimum Gasteiger partial charge on any atom is -0.378 e. The predicted octanol–water partition coefficient (Wildman–Crippen LogP) is 3.04. The summed E-state index contributed by atoms with van der Waals surface area (Å²) in [6.07, 6.45) is 1.77. The Labute approximate surface area is 121 Å². The zero-order valence-corrected chi connectivity index (χ0v) is 11.6. The smallest absolute Gasteiger partial charge is 0.126 e. The Morgan fingerprint density at radius 3 is 3.00 bits per heavy atom. The lowest BCUT2D eigenvalue weighted by atomic mass is 10.2. The van der Waals surface area contributed by atoms with Gasteiger partial charge in [0.2, 0.25) is 0 Å². The van der Waals surface area contributed by atoms with Crippen molar-refractivity contribution in [1.29, 1.82) is 0 Å². The van der Waals surface area contributed by atoms with Crippen LogP contribution < -0.4 is 5.32 Å². The van der Waals surface area contributed by atoms with Crippen LogP contribution in [0.15, 0.2) is 24.4 Å². The minimum atomic E-state index is 0.0976. The molecule has 1 atom stereocenters. The van der Waals surface area contributed by atoms with Crippen LogP contribution in [0.5, 0.6) is 0 Å². The summed E-state index contributed by atoms with van der Waals surface area (Å²) in [5.74, 6) is 0.853. The average Bonchev–Trinajstić information content (AvgIpc) is 2.92. The van der Waals surface area contributed by atoms with E-state index in [1.165, 1.54) is 0 Å². The standard InChI is InChI=1S/C13H13Cl2N3O/c14-8-1-2-10(15)9(5-8)11-6-17-13(18-11)12-7-19-4-3-16-12/h1-2,5-6,12,16H,3-4,7H2,(H,17,18). The van der Waals surface area contributed by atoms with Crippen molar-refractivity contribution in [3.05, 3.63) is 40.3 Å². The molecule has 1 fully saturated rings. The van der Waals surface area contributed by atoms with Crippen LogP contribution in [0.25, 0.3) is 11.3 Å². The molecule has 0 bridgehead atoms. The van der Waals surface area contributed by atoms with E-state index in [1.54, 1.807) is 18.3 Å². The highest BCUT2D eigenvalue weighted by atomic mass is 35.5. The number of ether oxygens (including phenoxy) is 1. The van der Waals surface area contributed by atoms with E-state index in [0.29, 0.717) is 16.7 Å². The van der Waals surface area contributed by atoms with Crippen molar-refractivity contribution in [3.8, 4) is 11.3 Å². The van der Waals surface area contributed by atoms with Crippen LogP contribution in [-0.2, 0) is 4.74 Å². The van der Waals surface area contributed by atoms with Crippen molar-refractivity contribution in [1.82, 2.24) is 15.3 Å². The van der Waals surface area contributed by atoms with Crippen molar-refractivity contribution in [2.75, 3.05) is 19.8 Å². The van der Waals surface area contributed by atoms with Gasteiger partial charge in [-0.2, -0.15) is 0 Å². The fourth-order valence-electron chi connectivity index (χ4n) is 2.10. The third kappa shape index (κ3) is 2.77. The number of H-pyrrole nitrogens is 1. The number of hydrogen-bond acceptors (Lipinski definition) is 3. The summed E-state index contributed by atoms with van der Waals surface area (Å²) < 4.78 is 5.42. The van der Waals surface area contributed by atoms with E-state index in [9.17, 15) is 0 Å². The Hall–Kier alpha value is -1.07. The summed E-state index contributed by atoms with van der Waals surface area (Å²) in [7, 11) is 0. The lowest BCUT2D eigenvalue weighted by Crippen LogP contribution is -2.35. The molecule has 0 saturated carbocycles. The molecular weight excluding hydrogens is 285 g/mol.